The number of carboxylic acid groups (broad SMARTS) is 1. The molecule has 0 spiro atoms. The largest absolute Gasteiger partial charge is 0.480 e. The summed E-state index contributed by atoms with van der Waals surface area (Å²) in [7, 11) is 0. The highest BCUT2D eigenvalue weighted by atomic mass is 16.5. The minimum atomic E-state index is -1.31. The van der Waals surface area contributed by atoms with Crippen molar-refractivity contribution in [2.75, 3.05) is 0 Å². The smallest absolute Gasteiger partial charge is 0.329 e. The van der Waals surface area contributed by atoms with Crippen LogP contribution < -0.4 is 5.32 Å². The van der Waals surface area contributed by atoms with Crippen LogP contribution in [0.3, 0.4) is 0 Å². The first-order valence-corrected chi connectivity index (χ1v) is 6.13. The van der Waals surface area contributed by atoms with E-state index >= 15 is 0 Å². The van der Waals surface area contributed by atoms with E-state index in [1.807, 2.05) is 20.8 Å². The summed E-state index contributed by atoms with van der Waals surface area (Å²) in [5.41, 5.74) is -1.48. The third kappa shape index (κ3) is 3.33. The lowest BCUT2D eigenvalue weighted by Gasteiger charge is -2.23. The van der Waals surface area contributed by atoms with Gasteiger partial charge in [-0.05, 0) is 13.3 Å². The fourth-order valence-corrected chi connectivity index (χ4v) is 1.34. The van der Waals surface area contributed by atoms with Gasteiger partial charge in [0.1, 0.15) is 11.3 Å². The zero-order valence-electron chi connectivity index (χ0n) is 11.9. The van der Waals surface area contributed by atoms with Gasteiger partial charge in [0.05, 0.1) is 0 Å². The molecule has 0 saturated heterocycles. The maximum Gasteiger partial charge on any atom is 0.329 e. The number of nitrogens with one attached hydrogen (secondary N) is 1. The molecule has 1 rings (SSSR count). The third-order valence-corrected chi connectivity index (χ3v) is 3.05. The number of carbonyl (C=O) groups excluding carboxylic acids is 1. The minimum absolute atomic E-state index is 0.0888. The molecule has 1 amide bonds. The van der Waals surface area contributed by atoms with Gasteiger partial charge in [-0.15, -0.1) is 0 Å². The first-order chi connectivity index (χ1) is 8.60. The molecule has 6 nitrogen and oxygen atoms in total. The molecule has 0 aliphatic heterocycles. The van der Waals surface area contributed by atoms with Gasteiger partial charge in [0.15, 0.2) is 5.69 Å². The molecule has 0 aliphatic rings. The highest BCUT2D eigenvalue weighted by Crippen LogP contribution is 2.23. The molecule has 1 aromatic rings. The van der Waals surface area contributed by atoms with Crippen molar-refractivity contribution in [3.8, 4) is 0 Å². The van der Waals surface area contributed by atoms with E-state index in [4.69, 9.17) is 9.63 Å². The molecule has 0 aromatic carbocycles. The molecule has 1 atom stereocenters. The summed E-state index contributed by atoms with van der Waals surface area (Å²) in [6.45, 7) is 8.95. The standard InChI is InChI=1S/C13H20N2O4/c1-6-13(5,11(17)18)14-10(16)8-7-9(19-15-8)12(2,3)4/h7H,6H2,1-5H3,(H,14,16)(H,17,18). The second-order valence-corrected chi connectivity index (χ2v) is 5.77. The van der Waals surface area contributed by atoms with Crippen molar-refractivity contribution in [1.29, 1.82) is 0 Å². The molecule has 6 heteroatoms. The number of carbonyl (C=O) groups is 2. The van der Waals surface area contributed by atoms with Gasteiger partial charge in [0.2, 0.25) is 0 Å². The van der Waals surface area contributed by atoms with Gasteiger partial charge in [-0.1, -0.05) is 32.9 Å². The molecular formula is C13H20N2O4. The van der Waals surface area contributed by atoms with Crippen molar-refractivity contribution < 1.29 is 19.2 Å². The van der Waals surface area contributed by atoms with Crippen molar-refractivity contribution in [3.63, 3.8) is 0 Å². The molecule has 1 aromatic heterocycles. The van der Waals surface area contributed by atoms with Crippen molar-refractivity contribution in [2.24, 2.45) is 0 Å². The Morgan fingerprint density at radius 1 is 1.37 bits per heavy atom. The number of aliphatic carboxylic acids is 1. The fraction of sp³-hybridized carbons (Fsp3) is 0.615. The Morgan fingerprint density at radius 3 is 2.32 bits per heavy atom. The molecule has 0 fully saturated rings. The Labute approximate surface area is 112 Å². The van der Waals surface area contributed by atoms with E-state index in [-0.39, 0.29) is 17.5 Å². The van der Waals surface area contributed by atoms with Crippen LogP contribution in [-0.4, -0.2) is 27.7 Å². The average molecular weight is 268 g/mol. The SMILES string of the molecule is CCC(C)(NC(=O)c1cc(C(C)(C)C)on1)C(=O)O. The quantitative estimate of drug-likeness (QED) is 0.870. The lowest BCUT2D eigenvalue weighted by Crippen LogP contribution is -2.51. The number of hydrogen-bond donors (Lipinski definition) is 2. The molecular weight excluding hydrogens is 248 g/mol. The number of rotatable bonds is 4. The zero-order chi connectivity index (χ0) is 14.8. The van der Waals surface area contributed by atoms with Crippen LogP contribution in [0.15, 0.2) is 10.6 Å². The first-order valence-electron chi connectivity index (χ1n) is 6.13. The zero-order valence-corrected chi connectivity index (χ0v) is 11.9. The number of hydrogen-bond acceptors (Lipinski definition) is 4. The maximum absolute atomic E-state index is 12.0. The van der Waals surface area contributed by atoms with E-state index in [1.165, 1.54) is 13.0 Å². The van der Waals surface area contributed by atoms with E-state index in [1.54, 1.807) is 6.92 Å². The highest BCUT2D eigenvalue weighted by Gasteiger charge is 2.34. The summed E-state index contributed by atoms with van der Waals surface area (Å²) in [5, 5.41) is 15.2. The van der Waals surface area contributed by atoms with Crippen molar-refractivity contribution in [3.05, 3.63) is 17.5 Å². The highest BCUT2D eigenvalue weighted by molar-refractivity contribution is 5.96. The first kappa shape index (κ1) is 15.2. The minimum Gasteiger partial charge on any atom is -0.480 e. The number of nitrogens with zero attached hydrogens (tertiary/aromatic N) is 1. The summed E-state index contributed by atoms with van der Waals surface area (Å²) >= 11 is 0. The maximum atomic E-state index is 12.0. The van der Waals surface area contributed by atoms with Crippen molar-refractivity contribution in [2.45, 2.75) is 52.0 Å². The van der Waals surface area contributed by atoms with Crippen LogP contribution in [0.4, 0.5) is 0 Å². The van der Waals surface area contributed by atoms with Crippen LogP contribution in [0.2, 0.25) is 0 Å². The van der Waals surface area contributed by atoms with Gasteiger partial charge in [-0.2, -0.15) is 0 Å². The van der Waals surface area contributed by atoms with E-state index in [0.29, 0.717) is 5.76 Å². The summed E-state index contributed by atoms with van der Waals surface area (Å²) in [4.78, 5) is 23.1. The van der Waals surface area contributed by atoms with E-state index in [0.717, 1.165) is 0 Å². The molecule has 19 heavy (non-hydrogen) atoms. The number of aromatic nitrogens is 1. The van der Waals surface area contributed by atoms with Gasteiger partial charge in [0.25, 0.3) is 5.91 Å². The normalized spacial score (nSPS) is 14.8. The Kier molecular flexibility index (Phi) is 4.03. The number of carboxylic acids is 1. The lowest BCUT2D eigenvalue weighted by atomic mass is 9.93. The van der Waals surface area contributed by atoms with E-state index in [2.05, 4.69) is 10.5 Å². The van der Waals surface area contributed by atoms with Gasteiger partial charge in [0, 0.05) is 11.5 Å². The van der Waals surface area contributed by atoms with Gasteiger partial charge in [-0.25, -0.2) is 4.79 Å². The van der Waals surface area contributed by atoms with Crippen LogP contribution in [-0.2, 0) is 10.2 Å². The molecule has 0 radical (unpaired) electrons. The molecule has 1 heterocycles. The molecule has 106 valence electrons. The van der Waals surface area contributed by atoms with Crippen LogP contribution in [0, 0.1) is 0 Å². The molecule has 0 bridgehead atoms. The summed E-state index contributed by atoms with van der Waals surface area (Å²) in [6.07, 6.45) is 0.276. The van der Waals surface area contributed by atoms with Gasteiger partial charge >= 0.3 is 5.97 Å². The Hall–Kier alpha value is -1.85. The third-order valence-electron chi connectivity index (χ3n) is 3.05. The second-order valence-electron chi connectivity index (χ2n) is 5.77. The summed E-state index contributed by atoms with van der Waals surface area (Å²) in [5.74, 6) is -1.06. The lowest BCUT2D eigenvalue weighted by molar-refractivity contribution is -0.143. The molecule has 1 unspecified atom stereocenters. The Balaban J connectivity index is 2.90. The average Bonchev–Trinajstić information content (AvgIpc) is 2.77. The van der Waals surface area contributed by atoms with Gasteiger partial charge in [-0.3, -0.25) is 4.79 Å². The van der Waals surface area contributed by atoms with E-state index < -0.39 is 17.4 Å². The Bertz CT molecular complexity index is 487. The van der Waals surface area contributed by atoms with E-state index in [9.17, 15) is 9.59 Å². The van der Waals surface area contributed by atoms with Crippen molar-refractivity contribution >= 4 is 11.9 Å². The Morgan fingerprint density at radius 2 is 1.95 bits per heavy atom. The predicted octanol–water partition coefficient (Wildman–Crippen LogP) is 1.96. The van der Waals surface area contributed by atoms with Crippen molar-refractivity contribution in [1.82, 2.24) is 10.5 Å². The molecule has 0 aliphatic carbocycles. The van der Waals surface area contributed by atoms with Crippen LogP contribution >= 0.6 is 0 Å². The summed E-state index contributed by atoms with van der Waals surface area (Å²) in [6, 6.07) is 1.53. The number of amides is 1. The second kappa shape index (κ2) is 5.03. The summed E-state index contributed by atoms with van der Waals surface area (Å²) < 4.78 is 5.10. The van der Waals surface area contributed by atoms with Gasteiger partial charge < -0.3 is 14.9 Å². The fourth-order valence-electron chi connectivity index (χ4n) is 1.34. The molecule has 0 saturated carbocycles. The topological polar surface area (TPSA) is 92.4 Å². The monoisotopic (exact) mass is 268 g/mol. The predicted molar refractivity (Wildman–Crippen MR) is 69.0 cm³/mol. The van der Waals surface area contributed by atoms with Crippen LogP contribution in [0.25, 0.3) is 0 Å². The molecule has 2 N–H and O–H groups in total. The van der Waals surface area contributed by atoms with Crippen LogP contribution in [0.5, 0.6) is 0 Å². The van der Waals surface area contributed by atoms with Crippen LogP contribution in [0.1, 0.15) is 57.3 Å².